The van der Waals surface area contributed by atoms with Crippen molar-refractivity contribution in [2.45, 2.75) is 52.4 Å². The molecule has 0 saturated carbocycles. The molecule has 1 atom stereocenters. The highest BCUT2D eigenvalue weighted by atomic mass is 16.5. The number of para-hydroxylation sites is 1. The Hall–Kier alpha value is -2.54. The van der Waals surface area contributed by atoms with E-state index in [2.05, 4.69) is 70.2 Å². The number of rotatable bonds is 7. The molecule has 140 valence electrons. The van der Waals surface area contributed by atoms with Gasteiger partial charge in [0.2, 0.25) is 0 Å². The van der Waals surface area contributed by atoms with Gasteiger partial charge in [0.1, 0.15) is 11.5 Å². The lowest BCUT2D eigenvalue weighted by Crippen LogP contribution is -2.06. The van der Waals surface area contributed by atoms with E-state index in [0.29, 0.717) is 11.8 Å². The molecule has 0 heterocycles. The molecule has 27 heavy (non-hydrogen) atoms. The lowest BCUT2D eigenvalue weighted by molar-refractivity contribution is 0.463. The number of hydrogen-bond donors (Lipinski definition) is 0. The van der Waals surface area contributed by atoms with Crippen LogP contribution in [0.2, 0.25) is 0 Å². The minimum atomic E-state index is 0.452. The minimum absolute atomic E-state index is 0.452. The summed E-state index contributed by atoms with van der Waals surface area (Å²) in [6.45, 7) is 9.05. The van der Waals surface area contributed by atoms with Crippen molar-refractivity contribution >= 4 is 0 Å². The Morgan fingerprint density at radius 2 is 1.33 bits per heavy atom. The Morgan fingerprint density at radius 3 is 1.93 bits per heavy atom. The summed E-state index contributed by atoms with van der Waals surface area (Å²) in [7, 11) is 0. The topological polar surface area (TPSA) is 9.23 Å². The van der Waals surface area contributed by atoms with Crippen LogP contribution in [0.3, 0.4) is 0 Å². The monoisotopic (exact) mass is 358 g/mol. The molecule has 0 aliphatic heterocycles. The van der Waals surface area contributed by atoms with Crippen molar-refractivity contribution in [3.05, 3.63) is 95.1 Å². The summed E-state index contributed by atoms with van der Waals surface area (Å²) in [6.07, 6.45) is 1.98. The molecule has 0 radical (unpaired) electrons. The lowest BCUT2D eigenvalue weighted by Gasteiger charge is -2.23. The molecule has 1 heteroatoms. The van der Waals surface area contributed by atoms with E-state index >= 15 is 0 Å². The maximum absolute atomic E-state index is 6.53. The van der Waals surface area contributed by atoms with Gasteiger partial charge in [-0.3, -0.25) is 0 Å². The highest BCUT2D eigenvalue weighted by molar-refractivity contribution is 5.52. The van der Waals surface area contributed by atoms with Gasteiger partial charge in [0.05, 0.1) is 0 Å². The molecule has 1 unspecified atom stereocenters. The quantitative estimate of drug-likeness (QED) is 0.420. The number of hydrogen-bond acceptors (Lipinski definition) is 1. The third-order valence-corrected chi connectivity index (χ3v) is 5.28. The zero-order valence-electron chi connectivity index (χ0n) is 16.9. The molecule has 0 fully saturated rings. The summed E-state index contributed by atoms with van der Waals surface area (Å²) in [5, 5.41) is 0. The van der Waals surface area contributed by atoms with Gasteiger partial charge in [-0.25, -0.2) is 0 Å². The largest absolute Gasteiger partial charge is 0.457 e. The number of benzene rings is 3. The molecule has 0 aliphatic rings. The summed E-state index contributed by atoms with van der Waals surface area (Å²) >= 11 is 0. The zero-order chi connectivity index (χ0) is 19.2. The van der Waals surface area contributed by atoms with Crippen LogP contribution in [0.1, 0.15) is 68.2 Å². The standard InChI is InChI=1S/C26H30O/c1-5-20(4)24-17-16-23(19(2)3)25(18-21-12-8-6-9-13-21)26(24)27-22-14-10-7-11-15-22/h6-17,19-20H,5,18H2,1-4H3. The zero-order valence-corrected chi connectivity index (χ0v) is 16.9. The molecule has 3 aromatic carbocycles. The molecule has 0 amide bonds. The Labute approximate surface area is 164 Å². The summed E-state index contributed by atoms with van der Waals surface area (Å²) < 4.78 is 6.53. The van der Waals surface area contributed by atoms with Crippen molar-refractivity contribution in [3.8, 4) is 11.5 Å². The van der Waals surface area contributed by atoms with E-state index in [9.17, 15) is 0 Å². The van der Waals surface area contributed by atoms with Gasteiger partial charge in [-0.15, -0.1) is 0 Å². The third-order valence-electron chi connectivity index (χ3n) is 5.28. The van der Waals surface area contributed by atoms with Crippen LogP contribution in [0.4, 0.5) is 0 Å². The van der Waals surface area contributed by atoms with Crippen LogP contribution in [0, 0.1) is 0 Å². The van der Waals surface area contributed by atoms with Gasteiger partial charge in [-0.1, -0.05) is 88.4 Å². The highest BCUT2D eigenvalue weighted by Crippen LogP contribution is 2.40. The first-order valence-electron chi connectivity index (χ1n) is 10.0. The van der Waals surface area contributed by atoms with E-state index in [1.165, 1.54) is 22.3 Å². The highest BCUT2D eigenvalue weighted by Gasteiger charge is 2.20. The Balaban J connectivity index is 2.15. The second kappa shape index (κ2) is 8.90. The molecule has 0 aromatic heterocycles. The van der Waals surface area contributed by atoms with E-state index in [4.69, 9.17) is 4.74 Å². The molecule has 0 N–H and O–H groups in total. The maximum Gasteiger partial charge on any atom is 0.134 e. The predicted molar refractivity (Wildman–Crippen MR) is 115 cm³/mol. The van der Waals surface area contributed by atoms with Gasteiger partial charge in [-0.05, 0) is 47.1 Å². The second-order valence-corrected chi connectivity index (χ2v) is 7.59. The van der Waals surface area contributed by atoms with Crippen LogP contribution in [0.15, 0.2) is 72.8 Å². The summed E-state index contributed by atoms with van der Waals surface area (Å²) in [5.41, 5.74) is 5.31. The molecule has 1 nitrogen and oxygen atoms in total. The fraction of sp³-hybridized carbons (Fsp3) is 0.308. The first kappa shape index (κ1) is 19.2. The van der Waals surface area contributed by atoms with Crippen molar-refractivity contribution in [1.82, 2.24) is 0 Å². The van der Waals surface area contributed by atoms with Crippen LogP contribution < -0.4 is 4.74 Å². The Kier molecular flexibility index (Phi) is 6.34. The average molecular weight is 359 g/mol. The average Bonchev–Trinajstić information content (AvgIpc) is 2.70. The van der Waals surface area contributed by atoms with Crippen molar-refractivity contribution in [2.24, 2.45) is 0 Å². The smallest absolute Gasteiger partial charge is 0.134 e. The van der Waals surface area contributed by atoms with E-state index in [0.717, 1.165) is 24.3 Å². The fourth-order valence-electron chi connectivity index (χ4n) is 3.52. The van der Waals surface area contributed by atoms with Gasteiger partial charge in [0.25, 0.3) is 0 Å². The molecular formula is C26H30O. The van der Waals surface area contributed by atoms with Gasteiger partial charge in [0, 0.05) is 12.0 Å². The molecule has 3 rings (SSSR count). The van der Waals surface area contributed by atoms with Crippen LogP contribution >= 0.6 is 0 Å². The van der Waals surface area contributed by atoms with Crippen LogP contribution in [0.5, 0.6) is 11.5 Å². The van der Waals surface area contributed by atoms with E-state index < -0.39 is 0 Å². The number of ether oxygens (including phenoxy) is 1. The maximum atomic E-state index is 6.53. The summed E-state index contributed by atoms with van der Waals surface area (Å²) in [4.78, 5) is 0. The summed E-state index contributed by atoms with van der Waals surface area (Å²) in [6, 6.07) is 25.4. The van der Waals surface area contributed by atoms with Crippen LogP contribution in [0.25, 0.3) is 0 Å². The molecular weight excluding hydrogens is 328 g/mol. The lowest BCUT2D eigenvalue weighted by atomic mass is 9.86. The molecule has 0 spiro atoms. The van der Waals surface area contributed by atoms with E-state index in [1.54, 1.807) is 0 Å². The third kappa shape index (κ3) is 4.60. The second-order valence-electron chi connectivity index (χ2n) is 7.59. The molecule has 0 bridgehead atoms. The molecule has 0 saturated heterocycles. The van der Waals surface area contributed by atoms with Crippen LogP contribution in [-0.2, 0) is 6.42 Å². The van der Waals surface area contributed by atoms with E-state index in [-0.39, 0.29) is 0 Å². The van der Waals surface area contributed by atoms with Gasteiger partial charge < -0.3 is 4.74 Å². The molecule has 3 aromatic rings. The fourth-order valence-corrected chi connectivity index (χ4v) is 3.52. The van der Waals surface area contributed by atoms with Crippen LogP contribution in [-0.4, -0.2) is 0 Å². The van der Waals surface area contributed by atoms with Gasteiger partial charge in [0.15, 0.2) is 0 Å². The summed E-state index contributed by atoms with van der Waals surface area (Å²) in [5.74, 6) is 2.86. The van der Waals surface area contributed by atoms with Crippen molar-refractivity contribution in [2.75, 3.05) is 0 Å². The first-order chi connectivity index (χ1) is 13.1. The van der Waals surface area contributed by atoms with Crippen molar-refractivity contribution in [3.63, 3.8) is 0 Å². The van der Waals surface area contributed by atoms with E-state index in [1.807, 2.05) is 30.3 Å². The SMILES string of the molecule is CCC(C)c1ccc(C(C)C)c(Cc2ccccc2)c1Oc1ccccc1. The van der Waals surface area contributed by atoms with Crippen molar-refractivity contribution < 1.29 is 4.74 Å². The Bertz CT molecular complexity index is 850. The predicted octanol–water partition coefficient (Wildman–Crippen LogP) is 7.71. The normalized spacial score (nSPS) is 12.2. The molecule has 0 aliphatic carbocycles. The van der Waals surface area contributed by atoms with Crippen molar-refractivity contribution in [1.29, 1.82) is 0 Å². The van der Waals surface area contributed by atoms with Gasteiger partial charge >= 0.3 is 0 Å². The first-order valence-corrected chi connectivity index (χ1v) is 10.0. The van der Waals surface area contributed by atoms with Gasteiger partial charge in [-0.2, -0.15) is 0 Å². The Morgan fingerprint density at radius 1 is 0.741 bits per heavy atom. The minimum Gasteiger partial charge on any atom is -0.457 e.